The molecule has 23 heavy (non-hydrogen) atoms. The van der Waals surface area contributed by atoms with Gasteiger partial charge < -0.3 is 14.5 Å². The second-order valence-corrected chi connectivity index (χ2v) is 6.15. The van der Waals surface area contributed by atoms with Crippen LogP contribution in [0.3, 0.4) is 0 Å². The van der Waals surface area contributed by atoms with Crippen LogP contribution in [0.5, 0.6) is 0 Å². The molecule has 0 aromatic carbocycles. The normalized spacial score (nSPS) is 24.0. The number of pyridine rings is 1. The number of piperidine rings is 1. The minimum absolute atomic E-state index is 0.0174. The van der Waals surface area contributed by atoms with Crippen LogP contribution in [0.1, 0.15) is 25.5 Å². The molecule has 2 unspecified atom stereocenters. The zero-order valence-corrected chi connectivity index (χ0v) is 13.5. The summed E-state index contributed by atoms with van der Waals surface area (Å²) in [6.07, 6.45) is 3.55. The van der Waals surface area contributed by atoms with Gasteiger partial charge in [-0.3, -0.25) is 14.6 Å². The van der Waals surface area contributed by atoms with Gasteiger partial charge in [-0.05, 0) is 31.9 Å². The van der Waals surface area contributed by atoms with Crippen LogP contribution in [0.15, 0.2) is 24.4 Å². The van der Waals surface area contributed by atoms with Crippen molar-refractivity contribution in [3.63, 3.8) is 0 Å². The highest BCUT2D eigenvalue weighted by molar-refractivity contribution is 5.83. The topological polar surface area (TPSA) is 62.7 Å². The summed E-state index contributed by atoms with van der Waals surface area (Å²) in [5, 5.41) is 0. The molecule has 0 N–H and O–H groups in total. The Morgan fingerprint density at radius 3 is 2.96 bits per heavy atom. The van der Waals surface area contributed by atoms with E-state index in [1.807, 2.05) is 30.0 Å². The van der Waals surface area contributed by atoms with Gasteiger partial charge in [-0.2, -0.15) is 0 Å². The Morgan fingerprint density at radius 2 is 2.22 bits per heavy atom. The van der Waals surface area contributed by atoms with Gasteiger partial charge in [-0.15, -0.1) is 0 Å². The monoisotopic (exact) mass is 317 g/mol. The Kier molecular flexibility index (Phi) is 4.91. The molecule has 6 nitrogen and oxygen atoms in total. The van der Waals surface area contributed by atoms with Gasteiger partial charge in [0.15, 0.2) is 0 Å². The molecule has 2 amide bonds. The molecule has 3 saturated heterocycles. The minimum atomic E-state index is -0.0944. The Morgan fingerprint density at radius 1 is 1.35 bits per heavy atom. The first-order valence-corrected chi connectivity index (χ1v) is 8.25. The third kappa shape index (κ3) is 3.52. The van der Waals surface area contributed by atoms with Gasteiger partial charge in [0.2, 0.25) is 11.8 Å². The number of amides is 2. The van der Waals surface area contributed by atoms with E-state index in [0.29, 0.717) is 26.2 Å². The van der Waals surface area contributed by atoms with Crippen molar-refractivity contribution < 1.29 is 14.3 Å². The number of hydrogen-bond acceptors (Lipinski definition) is 4. The summed E-state index contributed by atoms with van der Waals surface area (Å²) in [5.74, 6) is 0.0397. The quantitative estimate of drug-likeness (QED) is 0.815. The third-order valence-corrected chi connectivity index (χ3v) is 4.63. The maximum atomic E-state index is 12.7. The highest BCUT2D eigenvalue weighted by Gasteiger charge is 2.41. The van der Waals surface area contributed by atoms with E-state index in [-0.39, 0.29) is 30.4 Å². The van der Waals surface area contributed by atoms with Crippen LogP contribution in [-0.2, 0) is 20.9 Å². The molecule has 2 bridgehead atoms. The van der Waals surface area contributed by atoms with E-state index < -0.39 is 0 Å². The summed E-state index contributed by atoms with van der Waals surface area (Å²) in [6.45, 7) is 4.13. The second-order valence-electron chi connectivity index (χ2n) is 6.15. The van der Waals surface area contributed by atoms with Crippen LogP contribution < -0.4 is 0 Å². The van der Waals surface area contributed by atoms with Crippen molar-refractivity contribution in [2.75, 3.05) is 26.3 Å². The summed E-state index contributed by atoms with van der Waals surface area (Å²) >= 11 is 0. The summed E-state index contributed by atoms with van der Waals surface area (Å²) in [5.41, 5.74) is 0.889. The largest absolute Gasteiger partial charge is 0.372 e. The van der Waals surface area contributed by atoms with E-state index in [9.17, 15) is 9.59 Å². The zero-order valence-electron chi connectivity index (χ0n) is 13.5. The molecule has 3 aliphatic heterocycles. The number of aromatic nitrogens is 1. The molecular weight excluding hydrogens is 294 g/mol. The number of rotatable bonds is 5. The lowest BCUT2D eigenvalue weighted by atomic mass is 9.94. The average molecular weight is 317 g/mol. The van der Waals surface area contributed by atoms with Crippen molar-refractivity contribution in [2.45, 2.75) is 32.4 Å². The van der Waals surface area contributed by atoms with E-state index in [0.717, 1.165) is 18.5 Å². The van der Waals surface area contributed by atoms with Crippen molar-refractivity contribution in [2.24, 2.45) is 5.92 Å². The highest BCUT2D eigenvalue weighted by atomic mass is 16.5. The van der Waals surface area contributed by atoms with Gasteiger partial charge in [0.1, 0.15) is 6.61 Å². The summed E-state index contributed by atoms with van der Waals surface area (Å²) in [7, 11) is 0. The fraction of sp³-hybridized carbons (Fsp3) is 0.588. The third-order valence-electron chi connectivity index (χ3n) is 4.63. The van der Waals surface area contributed by atoms with Crippen LogP contribution >= 0.6 is 0 Å². The maximum absolute atomic E-state index is 12.7. The Balaban J connectivity index is 1.72. The van der Waals surface area contributed by atoms with E-state index >= 15 is 0 Å². The first kappa shape index (κ1) is 15.9. The van der Waals surface area contributed by atoms with Crippen molar-refractivity contribution >= 4 is 11.8 Å². The SMILES string of the molecule is CCOCC(=O)N1CC2CCC(C1)N(Cc1ccccn1)C2=O. The lowest BCUT2D eigenvalue weighted by molar-refractivity contribution is -0.140. The molecule has 0 aliphatic carbocycles. The molecule has 4 rings (SSSR count). The van der Waals surface area contributed by atoms with Crippen LogP contribution in [0.2, 0.25) is 0 Å². The molecule has 6 heteroatoms. The second kappa shape index (κ2) is 7.08. The van der Waals surface area contributed by atoms with Crippen molar-refractivity contribution in [3.8, 4) is 0 Å². The minimum Gasteiger partial charge on any atom is -0.372 e. The molecule has 3 aliphatic rings. The average Bonchev–Trinajstić information content (AvgIpc) is 2.86. The molecule has 124 valence electrons. The van der Waals surface area contributed by atoms with Gasteiger partial charge in [0, 0.05) is 31.9 Å². The smallest absolute Gasteiger partial charge is 0.248 e. The Hall–Kier alpha value is -1.95. The van der Waals surface area contributed by atoms with Gasteiger partial charge in [0.05, 0.1) is 18.2 Å². The maximum Gasteiger partial charge on any atom is 0.248 e. The number of nitrogens with zero attached hydrogens (tertiary/aromatic N) is 3. The van der Waals surface area contributed by atoms with E-state index in [4.69, 9.17) is 4.74 Å². The number of ether oxygens (including phenoxy) is 1. The van der Waals surface area contributed by atoms with E-state index in [2.05, 4.69) is 4.98 Å². The predicted molar refractivity (Wildman–Crippen MR) is 84.4 cm³/mol. The Bertz CT molecular complexity index is 563. The van der Waals surface area contributed by atoms with Crippen molar-refractivity contribution in [1.82, 2.24) is 14.8 Å². The highest BCUT2D eigenvalue weighted by Crippen LogP contribution is 2.30. The van der Waals surface area contributed by atoms with Crippen LogP contribution in [-0.4, -0.2) is 58.9 Å². The van der Waals surface area contributed by atoms with Gasteiger partial charge in [-0.1, -0.05) is 6.07 Å². The summed E-state index contributed by atoms with van der Waals surface area (Å²) in [4.78, 5) is 33.0. The summed E-state index contributed by atoms with van der Waals surface area (Å²) < 4.78 is 5.23. The lowest BCUT2D eigenvalue weighted by Gasteiger charge is -2.35. The van der Waals surface area contributed by atoms with Gasteiger partial charge >= 0.3 is 0 Å². The number of carbonyl (C=O) groups excluding carboxylic acids is 2. The molecule has 1 aromatic heterocycles. The Labute approximate surface area is 136 Å². The lowest BCUT2D eigenvalue weighted by Crippen LogP contribution is -2.47. The van der Waals surface area contributed by atoms with Crippen LogP contribution in [0.4, 0.5) is 0 Å². The first-order chi connectivity index (χ1) is 11.2. The molecule has 3 fully saturated rings. The molecule has 0 radical (unpaired) electrons. The van der Waals surface area contributed by atoms with Gasteiger partial charge in [0.25, 0.3) is 0 Å². The van der Waals surface area contributed by atoms with Crippen LogP contribution in [0.25, 0.3) is 0 Å². The fourth-order valence-electron chi connectivity index (χ4n) is 3.40. The molecule has 0 spiro atoms. The molecular formula is C17H23N3O3. The molecule has 4 heterocycles. The standard InChI is InChI=1S/C17H23N3O3/c1-2-23-12-16(21)19-9-13-6-7-15(11-19)20(17(13)22)10-14-5-3-4-8-18-14/h3-5,8,13,15H,2,6-7,9-12H2,1H3. The van der Waals surface area contributed by atoms with Gasteiger partial charge in [-0.25, -0.2) is 0 Å². The first-order valence-electron chi connectivity index (χ1n) is 8.25. The van der Waals surface area contributed by atoms with E-state index in [1.54, 1.807) is 11.1 Å². The molecule has 2 atom stereocenters. The van der Waals surface area contributed by atoms with E-state index in [1.165, 1.54) is 0 Å². The summed E-state index contributed by atoms with van der Waals surface area (Å²) in [6, 6.07) is 5.81. The van der Waals surface area contributed by atoms with Crippen LogP contribution in [0, 0.1) is 5.92 Å². The fourth-order valence-corrected chi connectivity index (χ4v) is 3.40. The number of hydrogen-bond donors (Lipinski definition) is 0. The molecule has 1 aromatic rings. The number of carbonyl (C=O) groups is 2. The zero-order chi connectivity index (χ0) is 16.2. The number of fused-ring (bicyclic) bond motifs is 4. The predicted octanol–water partition coefficient (Wildman–Crippen LogP) is 1.07. The molecule has 0 saturated carbocycles. The van der Waals surface area contributed by atoms with Crippen molar-refractivity contribution in [3.05, 3.63) is 30.1 Å². The van der Waals surface area contributed by atoms with Crippen molar-refractivity contribution in [1.29, 1.82) is 0 Å².